The van der Waals surface area contributed by atoms with Gasteiger partial charge in [0.05, 0.1) is 11.6 Å². The predicted octanol–water partition coefficient (Wildman–Crippen LogP) is 2.98. The van der Waals surface area contributed by atoms with Gasteiger partial charge in [0, 0.05) is 30.4 Å². The maximum Gasteiger partial charge on any atom is 0.319 e. The second kappa shape index (κ2) is 7.74. The van der Waals surface area contributed by atoms with Crippen molar-refractivity contribution < 1.29 is 14.0 Å². The highest BCUT2D eigenvalue weighted by atomic mass is 19.1. The molecule has 0 aliphatic carbocycles. The van der Waals surface area contributed by atoms with Crippen LogP contribution in [0.3, 0.4) is 0 Å². The second-order valence-corrected chi connectivity index (χ2v) is 4.99. The highest BCUT2D eigenvalue weighted by molar-refractivity contribution is 5.92. The Labute approximate surface area is 138 Å². The van der Waals surface area contributed by atoms with E-state index in [1.807, 2.05) is 6.07 Å². The smallest absolute Gasteiger partial charge is 0.319 e. The number of hydrogen-bond donors (Lipinski definition) is 3. The number of halogens is 1. The molecule has 2 aromatic carbocycles. The first-order valence-electron chi connectivity index (χ1n) is 7.09. The van der Waals surface area contributed by atoms with E-state index in [2.05, 4.69) is 16.0 Å². The van der Waals surface area contributed by atoms with Gasteiger partial charge in [-0.05, 0) is 36.4 Å². The zero-order chi connectivity index (χ0) is 17.5. The Morgan fingerprint density at radius 1 is 1.12 bits per heavy atom. The van der Waals surface area contributed by atoms with E-state index in [0.717, 1.165) is 0 Å². The molecule has 3 N–H and O–H groups in total. The number of nitrogens with one attached hydrogen (secondary N) is 3. The van der Waals surface area contributed by atoms with Crippen molar-refractivity contribution in [3.63, 3.8) is 0 Å². The minimum absolute atomic E-state index is 0.0570. The number of anilines is 2. The fraction of sp³-hybridized carbons (Fsp3) is 0.118. The van der Waals surface area contributed by atoms with Crippen molar-refractivity contribution in [2.45, 2.75) is 13.5 Å². The monoisotopic (exact) mass is 326 g/mol. The van der Waals surface area contributed by atoms with Crippen molar-refractivity contribution in [2.24, 2.45) is 0 Å². The lowest BCUT2D eigenvalue weighted by Crippen LogP contribution is -2.28. The molecule has 6 nitrogen and oxygen atoms in total. The third-order valence-corrected chi connectivity index (χ3v) is 3.06. The summed E-state index contributed by atoms with van der Waals surface area (Å²) >= 11 is 0. The van der Waals surface area contributed by atoms with Crippen LogP contribution in [0.4, 0.5) is 20.6 Å². The topological polar surface area (TPSA) is 94.0 Å². The predicted molar refractivity (Wildman–Crippen MR) is 87.7 cm³/mol. The van der Waals surface area contributed by atoms with Crippen LogP contribution in [0.5, 0.6) is 0 Å². The van der Waals surface area contributed by atoms with E-state index in [-0.39, 0.29) is 18.0 Å². The molecule has 7 heteroatoms. The first-order valence-corrected chi connectivity index (χ1v) is 7.09. The molecule has 0 heterocycles. The van der Waals surface area contributed by atoms with Crippen LogP contribution in [0.2, 0.25) is 0 Å². The molecular formula is C17H15FN4O2. The van der Waals surface area contributed by atoms with Gasteiger partial charge in [-0.25, -0.2) is 9.18 Å². The summed E-state index contributed by atoms with van der Waals surface area (Å²) in [5, 5.41) is 16.5. The molecule has 2 aromatic rings. The number of rotatable bonds is 4. The van der Waals surface area contributed by atoms with Crippen molar-refractivity contribution in [1.29, 1.82) is 5.26 Å². The lowest BCUT2D eigenvalue weighted by atomic mass is 10.1. The highest BCUT2D eigenvalue weighted by Gasteiger charge is 2.07. The number of hydrogen-bond acceptors (Lipinski definition) is 3. The van der Waals surface area contributed by atoms with E-state index < -0.39 is 11.8 Å². The maximum absolute atomic E-state index is 13.6. The van der Waals surface area contributed by atoms with Crippen LogP contribution in [0.1, 0.15) is 18.1 Å². The summed E-state index contributed by atoms with van der Waals surface area (Å²) in [6, 6.07) is 11.9. The number of carbonyl (C=O) groups excluding carboxylic acids is 2. The minimum atomic E-state index is -0.531. The Bertz CT molecular complexity index is 814. The number of urea groups is 1. The lowest BCUT2D eigenvalue weighted by Gasteiger charge is -2.10. The van der Waals surface area contributed by atoms with Crippen LogP contribution in [-0.4, -0.2) is 11.9 Å². The molecule has 24 heavy (non-hydrogen) atoms. The maximum atomic E-state index is 13.6. The molecule has 0 atom stereocenters. The molecule has 0 aromatic heterocycles. The fourth-order valence-corrected chi connectivity index (χ4v) is 2.01. The van der Waals surface area contributed by atoms with E-state index in [4.69, 9.17) is 5.26 Å². The largest absolute Gasteiger partial charge is 0.334 e. The van der Waals surface area contributed by atoms with Crippen LogP contribution in [0, 0.1) is 17.1 Å². The van der Waals surface area contributed by atoms with Gasteiger partial charge in [0.25, 0.3) is 0 Å². The van der Waals surface area contributed by atoms with Crippen LogP contribution in [0.25, 0.3) is 0 Å². The molecule has 2 rings (SSSR count). The zero-order valence-corrected chi connectivity index (χ0v) is 12.9. The number of benzene rings is 2. The first kappa shape index (κ1) is 17.0. The Morgan fingerprint density at radius 2 is 1.83 bits per heavy atom. The summed E-state index contributed by atoms with van der Waals surface area (Å²) in [7, 11) is 0. The summed E-state index contributed by atoms with van der Waals surface area (Å²) in [5.41, 5.74) is 1.56. The van der Waals surface area contributed by atoms with Crippen LogP contribution < -0.4 is 16.0 Å². The van der Waals surface area contributed by atoms with Crippen LogP contribution in [0.15, 0.2) is 42.5 Å². The Kier molecular flexibility index (Phi) is 5.47. The van der Waals surface area contributed by atoms with Crippen molar-refractivity contribution >= 4 is 23.3 Å². The van der Waals surface area contributed by atoms with Gasteiger partial charge in [0.1, 0.15) is 5.82 Å². The van der Waals surface area contributed by atoms with Crippen molar-refractivity contribution in [3.05, 3.63) is 59.4 Å². The Hall–Kier alpha value is -3.40. The zero-order valence-electron chi connectivity index (χ0n) is 12.9. The fourth-order valence-electron chi connectivity index (χ4n) is 2.01. The SMILES string of the molecule is CC(=O)Nc1cccc(NC(=O)NCc2cc(C#N)ccc2F)c1. The standard InChI is InChI=1S/C17H15FN4O2/c1-11(23)21-14-3-2-4-15(8-14)22-17(24)20-10-13-7-12(9-19)5-6-16(13)18/h2-8H,10H2,1H3,(H,21,23)(H2,20,22,24). The molecule has 0 spiro atoms. The molecule has 0 fully saturated rings. The van der Waals surface area contributed by atoms with Gasteiger partial charge < -0.3 is 16.0 Å². The first-order chi connectivity index (χ1) is 11.5. The highest BCUT2D eigenvalue weighted by Crippen LogP contribution is 2.15. The second-order valence-electron chi connectivity index (χ2n) is 4.99. The van der Waals surface area contributed by atoms with Gasteiger partial charge in [-0.2, -0.15) is 5.26 Å². The molecule has 0 saturated carbocycles. The molecule has 122 valence electrons. The van der Waals surface area contributed by atoms with E-state index in [1.165, 1.54) is 25.1 Å². The molecule has 0 aliphatic rings. The number of nitrogens with zero attached hydrogens (tertiary/aromatic N) is 1. The van der Waals surface area contributed by atoms with E-state index in [1.54, 1.807) is 24.3 Å². The third kappa shape index (κ3) is 4.81. The average molecular weight is 326 g/mol. The molecule has 0 bridgehead atoms. The lowest BCUT2D eigenvalue weighted by molar-refractivity contribution is -0.114. The summed E-state index contributed by atoms with van der Waals surface area (Å²) in [4.78, 5) is 22.9. The van der Waals surface area contributed by atoms with Crippen LogP contribution >= 0.6 is 0 Å². The summed E-state index contributed by atoms with van der Waals surface area (Å²) < 4.78 is 13.6. The summed E-state index contributed by atoms with van der Waals surface area (Å²) in [6.07, 6.45) is 0. The quantitative estimate of drug-likeness (QED) is 0.806. The molecule has 0 unspecified atom stereocenters. The average Bonchev–Trinajstić information content (AvgIpc) is 2.54. The van der Waals surface area contributed by atoms with Gasteiger partial charge in [-0.3, -0.25) is 4.79 Å². The van der Waals surface area contributed by atoms with E-state index in [0.29, 0.717) is 16.9 Å². The Balaban J connectivity index is 1.97. The van der Waals surface area contributed by atoms with Gasteiger partial charge in [-0.1, -0.05) is 6.07 Å². The van der Waals surface area contributed by atoms with Crippen molar-refractivity contribution in [1.82, 2.24) is 5.32 Å². The molecule has 0 saturated heterocycles. The number of nitriles is 1. The summed E-state index contributed by atoms with van der Waals surface area (Å²) in [6.45, 7) is 1.33. The van der Waals surface area contributed by atoms with Gasteiger partial charge >= 0.3 is 6.03 Å². The molecule has 0 aliphatic heterocycles. The third-order valence-electron chi connectivity index (χ3n) is 3.06. The molecule has 3 amide bonds. The number of amides is 3. The van der Waals surface area contributed by atoms with E-state index >= 15 is 0 Å². The van der Waals surface area contributed by atoms with Crippen LogP contribution in [-0.2, 0) is 11.3 Å². The minimum Gasteiger partial charge on any atom is -0.334 e. The Morgan fingerprint density at radius 3 is 2.50 bits per heavy atom. The van der Waals surface area contributed by atoms with Crippen molar-refractivity contribution in [3.8, 4) is 6.07 Å². The molecule has 0 radical (unpaired) electrons. The normalized spacial score (nSPS) is 9.71. The van der Waals surface area contributed by atoms with Gasteiger partial charge in [0.2, 0.25) is 5.91 Å². The van der Waals surface area contributed by atoms with Crippen molar-refractivity contribution in [2.75, 3.05) is 10.6 Å². The molecular weight excluding hydrogens is 311 g/mol. The van der Waals surface area contributed by atoms with E-state index in [9.17, 15) is 14.0 Å². The van der Waals surface area contributed by atoms with Gasteiger partial charge in [0.15, 0.2) is 0 Å². The number of carbonyl (C=O) groups is 2. The van der Waals surface area contributed by atoms with Gasteiger partial charge in [-0.15, -0.1) is 0 Å². The summed E-state index contributed by atoms with van der Waals surface area (Å²) in [5.74, 6) is -0.716.